The van der Waals surface area contributed by atoms with Crippen LogP contribution in [0.2, 0.25) is 0 Å². The van der Waals surface area contributed by atoms with Crippen molar-refractivity contribution in [2.24, 2.45) is 7.05 Å². The Hall–Kier alpha value is -2.71. The average molecular weight is 345 g/mol. The Labute approximate surface area is 146 Å². The number of aryl methyl sites for hydroxylation is 2. The first-order valence-electron chi connectivity index (χ1n) is 8.45. The number of piperidine rings is 1. The Kier molecular flexibility index (Phi) is 5.11. The zero-order valence-electron chi connectivity index (χ0n) is 14.6. The topological polar surface area (TPSA) is 97.9 Å². The van der Waals surface area contributed by atoms with Crippen LogP contribution in [0.5, 0.6) is 0 Å². The summed E-state index contributed by atoms with van der Waals surface area (Å²) in [6.45, 7) is 3.51. The molecule has 9 heteroatoms. The summed E-state index contributed by atoms with van der Waals surface area (Å²) in [5.41, 5.74) is 1.13. The maximum Gasteiger partial charge on any atom is 0.311 e. The molecule has 0 aromatic carbocycles. The van der Waals surface area contributed by atoms with E-state index in [2.05, 4.69) is 20.5 Å². The number of nitrogens with one attached hydrogen (secondary N) is 1. The molecule has 1 saturated heterocycles. The fourth-order valence-electron chi connectivity index (χ4n) is 3.02. The van der Waals surface area contributed by atoms with E-state index in [1.54, 1.807) is 16.6 Å². The number of aromatic nitrogens is 5. The van der Waals surface area contributed by atoms with Gasteiger partial charge in [-0.15, -0.1) is 0 Å². The number of hydrogen-bond donors (Lipinski definition) is 1. The van der Waals surface area contributed by atoms with Crippen molar-refractivity contribution in [3.8, 4) is 0 Å². The molecule has 1 fully saturated rings. The lowest BCUT2D eigenvalue weighted by Gasteiger charge is -2.31. The van der Waals surface area contributed by atoms with Gasteiger partial charge >= 0.3 is 11.8 Å². The van der Waals surface area contributed by atoms with Crippen molar-refractivity contribution in [2.45, 2.75) is 32.2 Å². The number of hydrogen-bond acceptors (Lipinski definition) is 5. The van der Waals surface area contributed by atoms with Crippen LogP contribution in [0.3, 0.4) is 0 Å². The summed E-state index contributed by atoms with van der Waals surface area (Å²) in [7, 11) is 1.79. The second-order valence-corrected chi connectivity index (χ2v) is 6.33. The third-order valence-electron chi connectivity index (χ3n) is 4.49. The lowest BCUT2D eigenvalue weighted by Crippen LogP contribution is -2.47. The minimum Gasteiger partial charge on any atom is -0.347 e. The Balaban J connectivity index is 1.43. The van der Waals surface area contributed by atoms with Crippen LogP contribution in [0, 0.1) is 6.92 Å². The summed E-state index contributed by atoms with van der Waals surface area (Å²) in [6.07, 6.45) is 7.46. The Bertz CT molecular complexity index is 743. The first kappa shape index (κ1) is 17.1. The van der Waals surface area contributed by atoms with Crippen LogP contribution in [-0.4, -0.2) is 60.9 Å². The minimum atomic E-state index is -0.560. The highest BCUT2D eigenvalue weighted by Crippen LogP contribution is 2.22. The van der Waals surface area contributed by atoms with Gasteiger partial charge in [0.1, 0.15) is 12.2 Å². The fourth-order valence-corrected chi connectivity index (χ4v) is 3.02. The molecule has 0 aliphatic carbocycles. The molecule has 1 aliphatic rings. The van der Waals surface area contributed by atoms with E-state index in [9.17, 15) is 9.59 Å². The largest absolute Gasteiger partial charge is 0.347 e. The molecule has 0 saturated carbocycles. The summed E-state index contributed by atoms with van der Waals surface area (Å²) in [5, 5.41) is 11.0. The van der Waals surface area contributed by atoms with Gasteiger partial charge in [-0.1, -0.05) is 0 Å². The number of likely N-dealkylation sites (tertiary alicyclic amines) is 1. The van der Waals surface area contributed by atoms with Gasteiger partial charge in [0.2, 0.25) is 0 Å². The van der Waals surface area contributed by atoms with Gasteiger partial charge in [-0.2, -0.15) is 10.2 Å². The van der Waals surface area contributed by atoms with Crippen molar-refractivity contribution in [1.82, 2.24) is 34.8 Å². The first-order chi connectivity index (χ1) is 12.0. The molecule has 0 spiro atoms. The molecular formula is C16H23N7O2. The van der Waals surface area contributed by atoms with Crippen molar-refractivity contribution in [3.05, 3.63) is 30.1 Å². The Morgan fingerprint density at radius 2 is 2.04 bits per heavy atom. The minimum absolute atomic E-state index is 0.289. The zero-order valence-corrected chi connectivity index (χ0v) is 14.6. The van der Waals surface area contributed by atoms with E-state index in [1.807, 2.05) is 24.0 Å². The van der Waals surface area contributed by atoms with E-state index in [0.717, 1.165) is 24.2 Å². The number of carbonyl (C=O) groups excluding carboxylic acids is 2. The lowest BCUT2D eigenvalue weighted by atomic mass is 10.1. The maximum absolute atomic E-state index is 12.3. The summed E-state index contributed by atoms with van der Waals surface area (Å²) in [6, 6.07) is 0.289. The molecule has 3 rings (SSSR count). The molecule has 3 heterocycles. The standard InChI is InChI=1S/C16H23N7O2/c1-12-9-19-23(10-12)13-4-7-22(8-5-13)16(25)15(24)17-6-3-14-18-11-20-21(14)2/h9-11,13H,3-8H2,1-2H3,(H,17,24). The Morgan fingerprint density at radius 1 is 1.28 bits per heavy atom. The predicted molar refractivity (Wildman–Crippen MR) is 89.5 cm³/mol. The molecule has 134 valence electrons. The van der Waals surface area contributed by atoms with Gasteiger partial charge in [-0.05, 0) is 25.3 Å². The van der Waals surface area contributed by atoms with E-state index in [4.69, 9.17) is 0 Å². The third kappa shape index (κ3) is 4.04. The molecule has 0 atom stereocenters. The van der Waals surface area contributed by atoms with Gasteiger partial charge in [0, 0.05) is 39.3 Å². The molecule has 0 unspecified atom stereocenters. The molecule has 1 N–H and O–H groups in total. The first-order valence-corrected chi connectivity index (χ1v) is 8.45. The third-order valence-corrected chi connectivity index (χ3v) is 4.49. The summed E-state index contributed by atoms with van der Waals surface area (Å²) >= 11 is 0. The second-order valence-electron chi connectivity index (χ2n) is 6.33. The molecular weight excluding hydrogens is 322 g/mol. The highest BCUT2D eigenvalue weighted by Gasteiger charge is 2.27. The van der Waals surface area contributed by atoms with E-state index >= 15 is 0 Å². The van der Waals surface area contributed by atoms with Crippen LogP contribution in [-0.2, 0) is 23.1 Å². The molecule has 2 aromatic rings. The van der Waals surface area contributed by atoms with E-state index in [-0.39, 0.29) is 6.04 Å². The smallest absolute Gasteiger partial charge is 0.311 e. The number of carbonyl (C=O) groups is 2. The van der Waals surface area contributed by atoms with Crippen LogP contribution >= 0.6 is 0 Å². The van der Waals surface area contributed by atoms with E-state index in [1.165, 1.54) is 6.33 Å². The number of rotatable bonds is 4. The summed E-state index contributed by atoms with van der Waals surface area (Å²) in [5.74, 6) is -0.258. The van der Waals surface area contributed by atoms with E-state index in [0.29, 0.717) is 26.1 Å². The molecule has 2 amide bonds. The molecule has 0 bridgehead atoms. The van der Waals surface area contributed by atoms with Crippen molar-refractivity contribution in [1.29, 1.82) is 0 Å². The number of amides is 2. The zero-order chi connectivity index (χ0) is 17.8. The molecule has 1 aliphatic heterocycles. The Morgan fingerprint density at radius 3 is 2.64 bits per heavy atom. The fraction of sp³-hybridized carbons (Fsp3) is 0.562. The highest BCUT2D eigenvalue weighted by atomic mass is 16.2. The van der Waals surface area contributed by atoms with Crippen molar-refractivity contribution in [2.75, 3.05) is 19.6 Å². The normalized spacial score (nSPS) is 15.4. The van der Waals surface area contributed by atoms with Crippen LogP contribution < -0.4 is 5.32 Å². The van der Waals surface area contributed by atoms with E-state index < -0.39 is 11.8 Å². The monoisotopic (exact) mass is 345 g/mol. The lowest BCUT2D eigenvalue weighted by molar-refractivity contribution is -0.146. The van der Waals surface area contributed by atoms with Gasteiger partial charge in [0.15, 0.2) is 0 Å². The van der Waals surface area contributed by atoms with Crippen LogP contribution in [0.4, 0.5) is 0 Å². The molecule has 9 nitrogen and oxygen atoms in total. The van der Waals surface area contributed by atoms with Crippen LogP contribution in [0.15, 0.2) is 18.7 Å². The number of nitrogens with zero attached hydrogens (tertiary/aromatic N) is 6. The second kappa shape index (κ2) is 7.45. The van der Waals surface area contributed by atoms with Gasteiger partial charge < -0.3 is 10.2 Å². The highest BCUT2D eigenvalue weighted by molar-refractivity contribution is 6.35. The maximum atomic E-state index is 12.3. The predicted octanol–water partition coefficient (Wildman–Crippen LogP) is -0.158. The summed E-state index contributed by atoms with van der Waals surface area (Å²) < 4.78 is 3.61. The average Bonchev–Trinajstić information content (AvgIpc) is 3.23. The van der Waals surface area contributed by atoms with Crippen LogP contribution in [0.25, 0.3) is 0 Å². The SMILES string of the molecule is Cc1cnn(C2CCN(C(=O)C(=O)NCCc3ncnn3C)CC2)c1. The molecule has 25 heavy (non-hydrogen) atoms. The van der Waals surface area contributed by atoms with Gasteiger partial charge in [-0.3, -0.25) is 19.0 Å². The van der Waals surface area contributed by atoms with Gasteiger partial charge in [0.05, 0.1) is 12.2 Å². The van der Waals surface area contributed by atoms with Crippen molar-refractivity contribution >= 4 is 11.8 Å². The van der Waals surface area contributed by atoms with Gasteiger partial charge in [0.25, 0.3) is 0 Å². The van der Waals surface area contributed by atoms with Crippen molar-refractivity contribution < 1.29 is 9.59 Å². The van der Waals surface area contributed by atoms with Crippen LogP contribution in [0.1, 0.15) is 30.3 Å². The van der Waals surface area contributed by atoms with Gasteiger partial charge in [-0.25, -0.2) is 4.98 Å². The quantitative estimate of drug-likeness (QED) is 0.777. The molecule has 2 aromatic heterocycles. The van der Waals surface area contributed by atoms with Crippen molar-refractivity contribution in [3.63, 3.8) is 0 Å². The molecule has 0 radical (unpaired) electrons. The summed E-state index contributed by atoms with van der Waals surface area (Å²) in [4.78, 5) is 30.0.